The predicted octanol–water partition coefficient (Wildman–Crippen LogP) is 2.33. The van der Waals surface area contributed by atoms with E-state index in [1.165, 1.54) is 4.57 Å². The van der Waals surface area contributed by atoms with Gasteiger partial charge in [0.15, 0.2) is 0 Å². The fourth-order valence-electron chi connectivity index (χ4n) is 2.52. The molecule has 0 radical (unpaired) electrons. The van der Waals surface area contributed by atoms with Gasteiger partial charge in [0.05, 0.1) is 11.6 Å². The Labute approximate surface area is 133 Å². The minimum Gasteiger partial charge on any atom is -0.278 e. The van der Waals surface area contributed by atoms with Gasteiger partial charge in [0, 0.05) is 25.9 Å². The molecule has 0 aliphatic carbocycles. The number of aliphatic imine (C=N–C) groups is 1. The quantitative estimate of drug-likeness (QED) is 0.722. The first-order valence-electron chi connectivity index (χ1n) is 7.56. The first-order chi connectivity index (χ1) is 10.6. The zero-order chi connectivity index (χ0) is 16.1. The van der Waals surface area contributed by atoms with Gasteiger partial charge in [0.1, 0.15) is 11.0 Å². The first-order valence-corrected chi connectivity index (χ1v) is 7.94. The average molecular weight is 323 g/mol. The van der Waals surface area contributed by atoms with Crippen molar-refractivity contribution in [2.45, 2.75) is 58.5 Å². The summed E-state index contributed by atoms with van der Waals surface area (Å²) in [6.07, 6.45) is 3.81. The van der Waals surface area contributed by atoms with Crippen molar-refractivity contribution in [3.63, 3.8) is 0 Å². The van der Waals surface area contributed by atoms with Crippen LogP contribution in [0.4, 0.5) is 5.82 Å². The van der Waals surface area contributed by atoms with Gasteiger partial charge < -0.3 is 0 Å². The summed E-state index contributed by atoms with van der Waals surface area (Å²) in [5.74, 6) is 0.418. The van der Waals surface area contributed by atoms with Crippen LogP contribution < -0.4 is 11.2 Å². The third kappa shape index (κ3) is 3.30. The Morgan fingerprint density at radius 2 is 1.95 bits per heavy atom. The minimum atomic E-state index is -0.329. The van der Waals surface area contributed by atoms with Gasteiger partial charge in [0.25, 0.3) is 5.56 Å². The Morgan fingerprint density at radius 3 is 2.64 bits per heavy atom. The lowest BCUT2D eigenvalue weighted by Gasteiger charge is -2.13. The number of hydrogen-bond acceptors (Lipinski definition) is 4. The third-order valence-electron chi connectivity index (χ3n) is 3.70. The van der Waals surface area contributed by atoms with Crippen LogP contribution in [0, 0.1) is 11.3 Å². The molecular weight excluding hydrogens is 304 g/mol. The smallest absolute Gasteiger partial charge is 0.278 e. The summed E-state index contributed by atoms with van der Waals surface area (Å²) in [6, 6.07) is 2.06. The van der Waals surface area contributed by atoms with E-state index in [1.54, 1.807) is 4.57 Å². The Balaban J connectivity index is 2.40. The molecule has 6 nitrogen and oxygen atoms in total. The van der Waals surface area contributed by atoms with Crippen molar-refractivity contribution in [2.24, 2.45) is 4.99 Å². The molecule has 1 aliphatic rings. The molecule has 7 heteroatoms. The maximum absolute atomic E-state index is 12.6. The summed E-state index contributed by atoms with van der Waals surface area (Å²) < 4.78 is 2.82. The topological polar surface area (TPSA) is 80.1 Å². The lowest BCUT2D eigenvalue weighted by Crippen LogP contribution is -2.41. The standard InChI is InChI=1S/C15H19ClN4O2/c1-2-3-8-19-13-11(10-12(16)18-13)14(21)20(15(19)22)9-6-4-5-7-17/h2-6,8-10H2,1H3. The fraction of sp³-hybridized carbons (Fsp3) is 0.600. The summed E-state index contributed by atoms with van der Waals surface area (Å²) >= 11 is 5.96. The van der Waals surface area contributed by atoms with Crippen molar-refractivity contribution < 1.29 is 0 Å². The van der Waals surface area contributed by atoms with Crippen molar-refractivity contribution in [1.82, 2.24) is 9.13 Å². The lowest BCUT2D eigenvalue weighted by molar-refractivity contribution is 0.513. The van der Waals surface area contributed by atoms with Gasteiger partial charge in [-0.3, -0.25) is 13.9 Å². The molecule has 2 rings (SSSR count). The molecule has 0 bridgehead atoms. The highest BCUT2D eigenvalue weighted by Crippen LogP contribution is 2.24. The highest BCUT2D eigenvalue weighted by atomic mass is 35.5. The lowest BCUT2D eigenvalue weighted by atomic mass is 10.2. The van der Waals surface area contributed by atoms with Crippen LogP contribution in [0.1, 0.15) is 44.6 Å². The highest BCUT2D eigenvalue weighted by molar-refractivity contribution is 6.66. The first kappa shape index (κ1) is 16.5. The largest absolute Gasteiger partial charge is 0.332 e. The number of aromatic nitrogens is 2. The number of rotatable bonds is 7. The Morgan fingerprint density at radius 1 is 1.23 bits per heavy atom. The molecule has 1 aliphatic heterocycles. The molecule has 0 unspecified atom stereocenters. The molecule has 22 heavy (non-hydrogen) atoms. The van der Waals surface area contributed by atoms with Crippen LogP contribution in [-0.2, 0) is 19.5 Å². The van der Waals surface area contributed by atoms with E-state index >= 15 is 0 Å². The van der Waals surface area contributed by atoms with E-state index < -0.39 is 0 Å². The molecule has 0 amide bonds. The van der Waals surface area contributed by atoms with Crippen LogP contribution >= 0.6 is 11.6 Å². The second kappa shape index (κ2) is 7.41. The van der Waals surface area contributed by atoms with Gasteiger partial charge in [-0.25, -0.2) is 9.79 Å². The van der Waals surface area contributed by atoms with Crippen LogP contribution in [-0.4, -0.2) is 14.3 Å². The summed E-state index contributed by atoms with van der Waals surface area (Å²) in [7, 11) is 0. The second-order valence-electron chi connectivity index (χ2n) is 5.33. The summed E-state index contributed by atoms with van der Waals surface area (Å²) in [4.78, 5) is 29.2. The van der Waals surface area contributed by atoms with Crippen molar-refractivity contribution in [2.75, 3.05) is 0 Å². The molecule has 0 fully saturated rings. The molecule has 2 heterocycles. The second-order valence-corrected chi connectivity index (χ2v) is 5.76. The van der Waals surface area contributed by atoms with Gasteiger partial charge in [-0.05, 0) is 19.3 Å². The number of nitriles is 1. The number of halogens is 1. The van der Waals surface area contributed by atoms with Gasteiger partial charge in [-0.15, -0.1) is 0 Å². The van der Waals surface area contributed by atoms with Crippen molar-refractivity contribution in [1.29, 1.82) is 5.26 Å². The summed E-state index contributed by atoms with van der Waals surface area (Å²) in [5.41, 5.74) is -0.130. The van der Waals surface area contributed by atoms with Crippen molar-refractivity contribution in [3.05, 3.63) is 26.4 Å². The molecule has 0 saturated carbocycles. The fourth-order valence-corrected chi connectivity index (χ4v) is 2.73. The Hall–Kier alpha value is -1.87. The molecular formula is C15H19ClN4O2. The van der Waals surface area contributed by atoms with E-state index in [4.69, 9.17) is 16.9 Å². The molecule has 0 N–H and O–H groups in total. The van der Waals surface area contributed by atoms with Gasteiger partial charge in [-0.1, -0.05) is 24.9 Å². The Bertz CT molecular complexity index is 740. The zero-order valence-electron chi connectivity index (χ0n) is 12.6. The molecule has 0 saturated heterocycles. The van der Waals surface area contributed by atoms with E-state index in [-0.39, 0.29) is 11.2 Å². The molecule has 0 atom stereocenters. The van der Waals surface area contributed by atoms with E-state index in [9.17, 15) is 9.59 Å². The van der Waals surface area contributed by atoms with Crippen LogP contribution in [0.3, 0.4) is 0 Å². The van der Waals surface area contributed by atoms with Gasteiger partial charge in [0.2, 0.25) is 0 Å². The predicted molar refractivity (Wildman–Crippen MR) is 86.0 cm³/mol. The molecule has 1 aromatic heterocycles. The van der Waals surface area contributed by atoms with Crippen LogP contribution in [0.2, 0.25) is 0 Å². The highest BCUT2D eigenvalue weighted by Gasteiger charge is 2.24. The van der Waals surface area contributed by atoms with Crippen molar-refractivity contribution in [3.8, 4) is 6.07 Å². The maximum Gasteiger partial charge on any atom is 0.332 e. The average Bonchev–Trinajstić information content (AvgIpc) is 2.88. The van der Waals surface area contributed by atoms with E-state index in [2.05, 4.69) is 11.1 Å². The number of fused-ring (bicyclic) bond motifs is 1. The monoisotopic (exact) mass is 322 g/mol. The normalized spacial score (nSPS) is 12.9. The van der Waals surface area contributed by atoms with E-state index in [0.717, 1.165) is 12.8 Å². The van der Waals surface area contributed by atoms with E-state index in [1.807, 2.05) is 6.92 Å². The minimum absolute atomic E-state index is 0.292. The van der Waals surface area contributed by atoms with Crippen molar-refractivity contribution >= 4 is 22.6 Å². The number of unbranched alkanes of at least 4 members (excludes halogenated alkanes) is 3. The van der Waals surface area contributed by atoms with Crippen LogP contribution in [0.5, 0.6) is 0 Å². The number of hydrogen-bond donors (Lipinski definition) is 0. The molecule has 118 valence electrons. The number of nitrogens with zero attached hydrogens (tertiary/aromatic N) is 4. The molecule has 0 spiro atoms. The van der Waals surface area contributed by atoms with Crippen LogP contribution in [0.15, 0.2) is 14.6 Å². The summed E-state index contributed by atoms with van der Waals surface area (Å²) in [6.45, 7) is 2.90. The third-order valence-corrected chi connectivity index (χ3v) is 3.91. The maximum atomic E-state index is 12.6. The molecule has 0 aromatic carbocycles. The summed E-state index contributed by atoms with van der Waals surface area (Å²) in [5, 5.41) is 8.90. The van der Waals surface area contributed by atoms with Gasteiger partial charge >= 0.3 is 5.69 Å². The van der Waals surface area contributed by atoms with Gasteiger partial charge in [-0.2, -0.15) is 5.26 Å². The van der Waals surface area contributed by atoms with Crippen LogP contribution in [0.25, 0.3) is 0 Å². The molecule has 1 aromatic rings. The van der Waals surface area contributed by atoms with E-state index in [0.29, 0.717) is 55.3 Å². The Kier molecular flexibility index (Phi) is 5.56. The SMILES string of the molecule is CCCCn1c2c(c(=O)n(CCCCC#N)c1=O)CC(Cl)=N2. The zero-order valence-corrected chi connectivity index (χ0v) is 13.4.